The lowest BCUT2D eigenvalue weighted by Gasteiger charge is -1.97. The van der Waals surface area contributed by atoms with E-state index in [4.69, 9.17) is 0 Å². The van der Waals surface area contributed by atoms with Crippen molar-refractivity contribution in [2.45, 2.75) is 0 Å². The molecule has 0 unspecified atom stereocenters. The van der Waals surface area contributed by atoms with E-state index in [1.54, 1.807) is 6.07 Å². The van der Waals surface area contributed by atoms with Crippen molar-refractivity contribution in [2.75, 3.05) is 0 Å². The first-order valence-corrected chi connectivity index (χ1v) is 5.27. The third kappa shape index (κ3) is 1.04. The fourth-order valence-corrected chi connectivity index (χ4v) is 2.34. The second-order valence-corrected chi connectivity index (χ2v) is 4.37. The summed E-state index contributed by atoms with van der Waals surface area (Å²) in [7, 11) is 0. The van der Waals surface area contributed by atoms with Crippen LogP contribution in [0.4, 0.5) is 0 Å². The minimum Gasteiger partial charge on any atom is -0.428 e. The number of carbonyl (C=O) groups is 2. The van der Waals surface area contributed by atoms with Gasteiger partial charge >= 0.3 is 0 Å². The van der Waals surface area contributed by atoms with Gasteiger partial charge in [0.1, 0.15) is 0 Å². The van der Waals surface area contributed by atoms with Gasteiger partial charge in [0.25, 0.3) is 11.8 Å². The van der Waals surface area contributed by atoms with Gasteiger partial charge in [-0.3, -0.25) is 14.9 Å². The van der Waals surface area contributed by atoms with E-state index in [0.717, 1.165) is 4.73 Å². The van der Waals surface area contributed by atoms with Crippen LogP contribution in [0.25, 0.3) is 10.9 Å². The van der Waals surface area contributed by atoms with Crippen molar-refractivity contribution in [1.29, 1.82) is 0 Å². The molecule has 6 heteroatoms. The molecule has 0 saturated carbocycles. The quantitative estimate of drug-likeness (QED) is 0.568. The summed E-state index contributed by atoms with van der Waals surface area (Å²) in [6.07, 6.45) is 1.46. The number of imide groups is 1. The number of benzene rings is 1. The molecule has 1 aliphatic rings. The summed E-state index contributed by atoms with van der Waals surface area (Å²) in [5.41, 5.74) is 1.11. The molecule has 0 fully saturated rings. The van der Waals surface area contributed by atoms with Crippen LogP contribution in [-0.4, -0.2) is 21.8 Å². The molecule has 2 amide bonds. The monoisotopic (exact) mass is 280 g/mol. The van der Waals surface area contributed by atoms with Crippen LogP contribution in [0.15, 0.2) is 22.8 Å². The topological polar surface area (TPSA) is 71.3 Å². The van der Waals surface area contributed by atoms with Crippen molar-refractivity contribution in [3.05, 3.63) is 33.9 Å². The van der Waals surface area contributed by atoms with Crippen LogP contribution in [0.5, 0.6) is 0 Å². The molecule has 0 aliphatic carbocycles. The van der Waals surface area contributed by atoms with Gasteiger partial charge in [0.2, 0.25) is 0 Å². The number of hydrogen-bond acceptors (Lipinski definition) is 3. The third-order valence-corrected chi connectivity index (χ3v) is 3.22. The van der Waals surface area contributed by atoms with Crippen molar-refractivity contribution in [1.82, 2.24) is 10.0 Å². The molecular formula is C10H5BrN2O3. The number of aromatic nitrogens is 1. The molecule has 16 heavy (non-hydrogen) atoms. The molecule has 0 atom stereocenters. The summed E-state index contributed by atoms with van der Waals surface area (Å²) in [5, 5.41) is 12.4. The van der Waals surface area contributed by atoms with Gasteiger partial charge < -0.3 is 5.21 Å². The molecule has 2 aromatic rings. The maximum Gasteiger partial charge on any atom is 0.259 e. The molecule has 2 heterocycles. The van der Waals surface area contributed by atoms with Gasteiger partial charge in [-0.25, -0.2) is 0 Å². The minimum absolute atomic E-state index is 0.290. The number of fused-ring (bicyclic) bond motifs is 2. The van der Waals surface area contributed by atoms with Crippen LogP contribution < -0.4 is 5.32 Å². The summed E-state index contributed by atoms with van der Waals surface area (Å²) in [6, 6.07) is 3.08. The Kier molecular flexibility index (Phi) is 1.68. The number of amides is 2. The molecule has 3 rings (SSSR count). The normalized spacial score (nSPS) is 14.3. The highest BCUT2D eigenvalue weighted by atomic mass is 79.9. The molecule has 0 saturated heterocycles. The summed E-state index contributed by atoms with van der Waals surface area (Å²) in [5.74, 6) is -0.835. The second-order valence-electron chi connectivity index (χ2n) is 3.52. The van der Waals surface area contributed by atoms with Crippen molar-refractivity contribution < 1.29 is 14.8 Å². The number of hydrogen-bond donors (Lipinski definition) is 2. The van der Waals surface area contributed by atoms with Gasteiger partial charge in [0.15, 0.2) is 0 Å². The van der Waals surface area contributed by atoms with Crippen molar-refractivity contribution in [3.63, 3.8) is 0 Å². The van der Waals surface area contributed by atoms with Gasteiger partial charge in [0, 0.05) is 9.86 Å². The smallest absolute Gasteiger partial charge is 0.259 e. The van der Waals surface area contributed by atoms with Crippen LogP contribution >= 0.6 is 15.9 Å². The Hall–Kier alpha value is -1.82. The van der Waals surface area contributed by atoms with E-state index in [2.05, 4.69) is 21.2 Å². The highest BCUT2D eigenvalue weighted by Gasteiger charge is 2.28. The van der Waals surface area contributed by atoms with Crippen LogP contribution in [-0.2, 0) is 0 Å². The van der Waals surface area contributed by atoms with Crippen LogP contribution in [0.3, 0.4) is 0 Å². The van der Waals surface area contributed by atoms with E-state index < -0.39 is 11.8 Å². The SMILES string of the molecule is O=C1NC(=O)c2cc3c(cc21)c(Br)cn3O. The molecule has 0 bridgehead atoms. The number of carbonyl (C=O) groups excluding carboxylic acids is 2. The first-order chi connectivity index (χ1) is 7.58. The number of halogens is 1. The molecule has 1 aliphatic heterocycles. The fourth-order valence-electron chi connectivity index (χ4n) is 1.83. The average Bonchev–Trinajstić information content (AvgIpc) is 2.67. The summed E-state index contributed by atoms with van der Waals surface area (Å²) < 4.78 is 1.58. The van der Waals surface area contributed by atoms with Crippen molar-refractivity contribution >= 4 is 38.6 Å². The highest BCUT2D eigenvalue weighted by Crippen LogP contribution is 2.29. The zero-order valence-electron chi connectivity index (χ0n) is 7.82. The largest absolute Gasteiger partial charge is 0.428 e. The fraction of sp³-hybridized carbons (Fsp3) is 0. The van der Waals surface area contributed by atoms with E-state index in [1.165, 1.54) is 12.3 Å². The van der Waals surface area contributed by atoms with Gasteiger partial charge in [-0.05, 0) is 28.1 Å². The van der Waals surface area contributed by atoms with Crippen LogP contribution in [0.1, 0.15) is 20.7 Å². The van der Waals surface area contributed by atoms with Crippen LogP contribution in [0, 0.1) is 0 Å². The maximum atomic E-state index is 11.4. The Labute approximate surface area is 97.7 Å². The van der Waals surface area contributed by atoms with E-state index in [1.807, 2.05) is 0 Å². The summed E-state index contributed by atoms with van der Waals surface area (Å²) >= 11 is 3.26. The zero-order chi connectivity index (χ0) is 11.4. The first kappa shape index (κ1) is 9.41. The van der Waals surface area contributed by atoms with E-state index in [9.17, 15) is 14.8 Å². The molecule has 1 aromatic heterocycles. The Balaban J connectivity index is 2.45. The Bertz CT molecular complexity index is 606. The van der Waals surface area contributed by atoms with Crippen molar-refractivity contribution in [3.8, 4) is 0 Å². The number of nitrogens with zero attached hydrogens (tertiary/aromatic N) is 1. The standard InChI is InChI=1S/C10H5BrN2O3/c11-7-3-13(16)8-2-5-4(1-6(7)8)9(14)12-10(5)15/h1-3,16H,(H,12,14,15). The van der Waals surface area contributed by atoms with Gasteiger partial charge in [-0.2, -0.15) is 4.73 Å². The average molecular weight is 281 g/mol. The van der Waals surface area contributed by atoms with E-state index in [0.29, 0.717) is 26.5 Å². The maximum absolute atomic E-state index is 11.4. The van der Waals surface area contributed by atoms with Crippen LogP contribution in [0.2, 0.25) is 0 Å². The van der Waals surface area contributed by atoms with Gasteiger partial charge in [0.05, 0.1) is 22.8 Å². The summed E-state index contributed by atoms with van der Waals surface area (Å²) in [4.78, 5) is 22.8. The van der Waals surface area contributed by atoms with Gasteiger partial charge in [-0.1, -0.05) is 0 Å². The predicted octanol–water partition coefficient (Wildman–Crippen LogP) is 1.52. The van der Waals surface area contributed by atoms with Gasteiger partial charge in [-0.15, -0.1) is 0 Å². The van der Waals surface area contributed by atoms with Crippen molar-refractivity contribution in [2.24, 2.45) is 0 Å². The third-order valence-electron chi connectivity index (χ3n) is 2.59. The lowest BCUT2D eigenvalue weighted by molar-refractivity contribution is 0.0879. The Morgan fingerprint density at radius 3 is 2.50 bits per heavy atom. The molecule has 80 valence electrons. The molecule has 0 radical (unpaired) electrons. The predicted molar refractivity (Wildman–Crippen MR) is 58.6 cm³/mol. The lowest BCUT2D eigenvalue weighted by atomic mass is 10.1. The molecule has 5 nitrogen and oxygen atoms in total. The first-order valence-electron chi connectivity index (χ1n) is 4.47. The zero-order valence-corrected chi connectivity index (χ0v) is 9.41. The second kappa shape index (κ2) is 2.85. The molecule has 1 aromatic carbocycles. The summed E-state index contributed by atoms with van der Waals surface area (Å²) in [6.45, 7) is 0. The van der Waals surface area contributed by atoms with E-state index in [-0.39, 0.29) is 0 Å². The molecule has 0 spiro atoms. The Morgan fingerprint density at radius 1 is 1.19 bits per heavy atom. The van der Waals surface area contributed by atoms with E-state index >= 15 is 0 Å². The Morgan fingerprint density at radius 2 is 1.81 bits per heavy atom. The lowest BCUT2D eigenvalue weighted by Crippen LogP contribution is -2.19. The molecule has 2 N–H and O–H groups in total. The number of rotatable bonds is 0. The highest BCUT2D eigenvalue weighted by molar-refractivity contribution is 9.10. The minimum atomic E-state index is -0.431. The molecular weight excluding hydrogens is 276 g/mol. The number of nitrogens with one attached hydrogen (secondary N) is 1.